The third kappa shape index (κ3) is 5.60. The highest BCUT2D eigenvalue weighted by Gasteiger charge is 2.34. The van der Waals surface area contributed by atoms with Gasteiger partial charge in [0.05, 0.1) is 11.8 Å². The number of aliphatic hydroxyl groups is 1. The minimum Gasteiger partial charge on any atom is -0.479 e. The highest BCUT2D eigenvalue weighted by molar-refractivity contribution is 5.90. The van der Waals surface area contributed by atoms with Crippen LogP contribution in [0.5, 0.6) is 5.75 Å². The van der Waals surface area contributed by atoms with Crippen LogP contribution in [0, 0.1) is 0 Å². The number of carboxylic acid groups (broad SMARTS) is 2. The predicted molar refractivity (Wildman–Crippen MR) is 85.7 cm³/mol. The lowest BCUT2D eigenvalue weighted by Crippen LogP contribution is -2.42. The van der Waals surface area contributed by atoms with Gasteiger partial charge < -0.3 is 34.8 Å². The van der Waals surface area contributed by atoms with Gasteiger partial charge >= 0.3 is 12.1 Å². The molecule has 1 amide bonds. The van der Waals surface area contributed by atoms with E-state index in [0.717, 1.165) is 0 Å². The van der Waals surface area contributed by atoms with Crippen LogP contribution in [0.3, 0.4) is 0 Å². The maximum atomic E-state index is 11.4. The zero-order valence-electron chi connectivity index (χ0n) is 13.9. The van der Waals surface area contributed by atoms with Crippen LogP contribution in [-0.2, 0) is 25.7 Å². The Balaban J connectivity index is 2.17. The van der Waals surface area contributed by atoms with E-state index in [-0.39, 0.29) is 36.8 Å². The van der Waals surface area contributed by atoms with Crippen molar-refractivity contribution in [1.29, 1.82) is 0 Å². The number of benzene rings is 1. The normalized spacial score (nSPS) is 22.3. The second-order valence-corrected chi connectivity index (χ2v) is 5.70. The highest BCUT2D eigenvalue weighted by Crippen LogP contribution is 2.30. The largest absolute Gasteiger partial charge is 0.506 e. The number of nitrogens with one attached hydrogen (secondary N) is 1. The van der Waals surface area contributed by atoms with Gasteiger partial charge in [-0.05, 0) is 17.7 Å². The van der Waals surface area contributed by atoms with Gasteiger partial charge in [-0.2, -0.15) is 0 Å². The van der Waals surface area contributed by atoms with E-state index in [1.807, 2.05) is 0 Å². The van der Waals surface area contributed by atoms with Crippen molar-refractivity contribution >= 4 is 23.7 Å². The van der Waals surface area contributed by atoms with Crippen molar-refractivity contribution in [3.63, 3.8) is 0 Å². The van der Waals surface area contributed by atoms with Gasteiger partial charge in [0, 0.05) is 19.8 Å². The standard InChI is InChI=1S/C16H19NO9/c1-8(18)17-11-4-9(7-24-16(22)23)2-3-12(11)25-14-6-10(19)5-13(26-14)15(20)21/h2-4,10,13-14,19H,5-7H2,1H3,(H,17,18)(H,20,21)(H,22,23). The number of carboxylic acids is 1. The Bertz CT molecular complexity index is 690. The number of hydrogen-bond acceptors (Lipinski definition) is 7. The van der Waals surface area contributed by atoms with E-state index in [0.29, 0.717) is 5.56 Å². The predicted octanol–water partition coefficient (Wildman–Crippen LogP) is 1.17. The number of anilines is 1. The van der Waals surface area contributed by atoms with Crippen LogP contribution in [0.25, 0.3) is 0 Å². The molecule has 1 aromatic carbocycles. The zero-order chi connectivity index (χ0) is 19.3. The van der Waals surface area contributed by atoms with E-state index >= 15 is 0 Å². The van der Waals surface area contributed by atoms with Crippen LogP contribution in [0.4, 0.5) is 10.5 Å². The summed E-state index contributed by atoms with van der Waals surface area (Å²) in [6, 6.07) is 4.46. The number of hydrogen-bond donors (Lipinski definition) is 4. The van der Waals surface area contributed by atoms with E-state index in [9.17, 15) is 19.5 Å². The van der Waals surface area contributed by atoms with Crippen LogP contribution < -0.4 is 10.1 Å². The summed E-state index contributed by atoms with van der Waals surface area (Å²) in [5, 5.41) is 29.9. The second kappa shape index (κ2) is 8.50. The van der Waals surface area contributed by atoms with E-state index in [4.69, 9.17) is 19.7 Å². The van der Waals surface area contributed by atoms with E-state index in [2.05, 4.69) is 10.1 Å². The van der Waals surface area contributed by atoms with Crippen LogP contribution in [0.2, 0.25) is 0 Å². The quantitative estimate of drug-likeness (QED) is 0.541. The molecule has 4 N–H and O–H groups in total. The smallest absolute Gasteiger partial charge is 0.479 e. The molecule has 3 unspecified atom stereocenters. The molecule has 10 heteroatoms. The van der Waals surface area contributed by atoms with Crippen molar-refractivity contribution in [3.05, 3.63) is 23.8 Å². The minimum absolute atomic E-state index is 0.0424. The first-order valence-electron chi connectivity index (χ1n) is 7.74. The Kier molecular flexibility index (Phi) is 6.36. The average Bonchev–Trinajstić information content (AvgIpc) is 2.54. The third-order valence-electron chi connectivity index (χ3n) is 3.52. The third-order valence-corrected chi connectivity index (χ3v) is 3.52. The molecule has 0 radical (unpaired) electrons. The second-order valence-electron chi connectivity index (χ2n) is 5.70. The fraction of sp³-hybridized carbons (Fsp3) is 0.438. The average molecular weight is 369 g/mol. The lowest BCUT2D eigenvalue weighted by molar-refractivity contribution is -0.195. The van der Waals surface area contributed by atoms with Gasteiger partial charge in [0.2, 0.25) is 12.2 Å². The molecule has 2 rings (SSSR count). The Morgan fingerprint density at radius 3 is 2.62 bits per heavy atom. The molecule has 10 nitrogen and oxygen atoms in total. The number of carbonyl (C=O) groups is 3. The van der Waals surface area contributed by atoms with Crippen molar-refractivity contribution < 1.29 is 43.9 Å². The first kappa shape index (κ1) is 19.5. The molecule has 1 aromatic rings. The molecule has 0 bridgehead atoms. The minimum atomic E-state index is -1.43. The zero-order valence-corrected chi connectivity index (χ0v) is 13.9. The van der Waals surface area contributed by atoms with Gasteiger partial charge in [0.15, 0.2) is 6.10 Å². The molecule has 142 valence electrons. The molecule has 1 aliphatic rings. The van der Waals surface area contributed by atoms with Crippen molar-refractivity contribution in [1.82, 2.24) is 0 Å². The molecule has 26 heavy (non-hydrogen) atoms. The number of aliphatic hydroxyl groups excluding tert-OH is 1. The fourth-order valence-electron chi connectivity index (χ4n) is 2.44. The van der Waals surface area contributed by atoms with Gasteiger partial charge in [0.1, 0.15) is 12.4 Å². The molecule has 0 saturated carbocycles. The summed E-state index contributed by atoms with van der Waals surface area (Å²) < 4.78 is 15.4. The lowest BCUT2D eigenvalue weighted by atomic mass is 10.1. The molecular weight excluding hydrogens is 350 g/mol. The molecule has 3 atom stereocenters. The summed E-state index contributed by atoms with van der Waals surface area (Å²) in [5.74, 6) is -1.41. The monoisotopic (exact) mass is 369 g/mol. The number of carbonyl (C=O) groups excluding carboxylic acids is 1. The lowest BCUT2D eigenvalue weighted by Gasteiger charge is -2.31. The van der Waals surface area contributed by atoms with Crippen molar-refractivity contribution in [3.8, 4) is 5.75 Å². The van der Waals surface area contributed by atoms with Gasteiger partial charge in [-0.25, -0.2) is 9.59 Å². The Labute approximate surface area is 148 Å². The summed E-state index contributed by atoms with van der Waals surface area (Å²) in [5.41, 5.74) is 0.705. The van der Waals surface area contributed by atoms with E-state index < -0.39 is 30.6 Å². The van der Waals surface area contributed by atoms with Gasteiger partial charge in [-0.3, -0.25) is 4.79 Å². The maximum Gasteiger partial charge on any atom is 0.506 e. The van der Waals surface area contributed by atoms with Gasteiger partial charge in [-0.15, -0.1) is 0 Å². The number of amides is 1. The maximum absolute atomic E-state index is 11.4. The Morgan fingerprint density at radius 2 is 2.00 bits per heavy atom. The molecule has 1 aliphatic heterocycles. The summed E-state index contributed by atoms with van der Waals surface area (Å²) in [6.07, 6.45) is -4.53. The molecule has 1 saturated heterocycles. The number of rotatable bonds is 6. The summed E-state index contributed by atoms with van der Waals surface area (Å²) in [6.45, 7) is 1.06. The topological polar surface area (TPSA) is 152 Å². The molecule has 1 fully saturated rings. The Hall–Kier alpha value is -2.85. The summed E-state index contributed by atoms with van der Waals surface area (Å²) in [7, 11) is 0. The highest BCUT2D eigenvalue weighted by atomic mass is 16.7. The van der Waals surface area contributed by atoms with Crippen LogP contribution in [-0.4, -0.2) is 51.8 Å². The molecule has 1 heterocycles. The Morgan fingerprint density at radius 1 is 1.27 bits per heavy atom. The number of aliphatic carboxylic acids is 1. The SMILES string of the molecule is CC(=O)Nc1cc(COC(=O)O)ccc1OC1CC(O)CC(C(=O)O)O1. The van der Waals surface area contributed by atoms with E-state index in [1.54, 1.807) is 0 Å². The summed E-state index contributed by atoms with van der Waals surface area (Å²) in [4.78, 5) is 32.9. The molecule has 0 aliphatic carbocycles. The molecule has 0 spiro atoms. The molecular formula is C16H19NO9. The van der Waals surface area contributed by atoms with Gasteiger partial charge in [0.25, 0.3) is 0 Å². The fourth-order valence-corrected chi connectivity index (χ4v) is 2.44. The van der Waals surface area contributed by atoms with Crippen molar-refractivity contribution in [2.45, 2.75) is 44.9 Å². The van der Waals surface area contributed by atoms with Crippen LogP contribution in [0.1, 0.15) is 25.3 Å². The van der Waals surface area contributed by atoms with Crippen LogP contribution >= 0.6 is 0 Å². The first-order valence-corrected chi connectivity index (χ1v) is 7.74. The molecule has 0 aromatic heterocycles. The van der Waals surface area contributed by atoms with Crippen molar-refractivity contribution in [2.75, 3.05) is 5.32 Å². The summed E-state index contributed by atoms with van der Waals surface area (Å²) >= 11 is 0. The van der Waals surface area contributed by atoms with Crippen molar-refractivity contribution in [2.24, 2.45) is 0 Å². The first-order chi connectivity index (χ1) is 12.2. The van der Waals surface area contributed by atoms with Crippen LogP contribution in [0.15, 0.2) is 18.2 Å². The van der Waals surface area contributed by atoms with Gasteiger partial charge in [-0.1, -0.05) is 6.07 Å². The number of ether oxygens (including phenoxy) is 3. The van der Waals surface area contributed by atoms with E-state index in [1.165, 1.54) is 25.1 Å².